The molecule has 2 heterocycles. The average molecular weight is 361 g/mol. The molecule has 122 valence electrons. The first-order chi connectivity index (χ1) is 11.5. The molecule has 7 nitrogen and oxygen atoms in total. The number of carboxylic acid groups (broad SMARTS) is 1. The standard InChI is InChI=1S/C15H11N3O4S2/c19-14(20)10-4-6-11(7-5-10)24(21,22)18-15-17-13(9-23-15)12-3-1-2-8-16-12/h1-9H,(H,17,18)(H,19,20). The topological polar surface area (TPSA) is 109 Å². The zero-order valence-corrected chi connectivity index (χ0v) is 13.7. The molecule has 0 aliphatic carbocycles. The van der Waals surface area contributed by atoms with Crippen molar-refractivity contribution in [3.05, 3.63) is 59.6 Å². The van der Waals surface area contributed by atoms with Gasteiger partial charge >= 0.3 is 5.97 Å². The number of nitrogens with zero attached hydrogens (tertiary/aromatic N) is 2. The molecular formula is C15H11N3O4S2. The molecule has 2 aromatic heterocycles. The van der Waals surface area contributed by atoms with Gasteiger partial charge in [0.05, 0.1) is 16.2 Å². The number of thiazole rings is 1. The number of aromatic carboxylic acids is 1. The molecule has 0 aliphatic rings. The normalized spacial score (nSPS) is 11.2. The van der Waals surface area contributed by atoms with Crippen molar-refractivity contribution in [3.8, 4) is 11.4 Å². The Kier molecular flexibility index (Phi) is 4.28. The first-order valence-corrected chi connectivity index (χ1v) is 9.05. The van der Waals surface area contributed by atoms with E-state index >= 15 is 0 Å². The van der Waals surface area contributed by atoms with E-state index in [1.54, 1.807) is 23.7 Å². The minimum absolute atomic E-state index is 0.0145. The van der Waals surface area contributed by atoms with Crippen molar-refractivity contribution in [2.45, 2.75) is 4.90 Å². The predicted molar refractivity (Wildman–Crippen MR) is 89.6 cm³/mol. The second-order valence-corrected chi connectivity index (χ2v) is 7.23. The maximum atomic E-state index is 12.3. The fourth-order valence-electron chi connectivity index (χ4n) is 1.90. The van der Waals surface area contributed by atoms with Crippen LogP contribution in [0.25, 0.3) is 11.4 Å². The number of aromatic nitrogens is 2. The Morgan fingerprint density at radius 1 is 1.08 bits per heavy atom. The van der Waals surface area contributed by atoms with Gasteiger partial charge in [0, 0.05) is 11.6 Å². The minimum atomic E-state index is -3.84. The monoisotopic (exact) mass is 361 g/mol. The second-order valence-electron chi connectivity index (χ2n) is 4.69. The van der Waals surface area contributed by atoms with Crippen LogP contribution in [0.15, 0.2) is 58.9 Å². The van der Waals surface area contributed by atoms with Crippen molar-refractivity contribution in [2.75, 3.05) is 4.72 Å². The molecule has 2 N–H and O–H groups in total. The lowest BCUT2D eigenvalue weighted by atomic mass is 10.2. The Bertz CT molecular complexity index is 967. The molecule has 0 aliphatic heterocycles. The molecular weight excluding hydrogens is 350 g/mol. The number of carbonyl (C=O) groups is 1. The van der Waals surface area contributed by atoms with Crippen molar-refractivity contribution in [1.29, 1.82) is 0 Å². The Morgan fingerprint density at radius 2 is 1.83 bits per heavy atom. The largest absolute Gasteiger partial charge is 0.478 e. The lowest BCUT2D eigenvalue weighted by molar-refractivity contribution is 0.0696. The van der Waals surface area contributed by atoms with Gasteiger partial charge in [0.2, 0.25) is 0 Å². The molecule has 3 aromatic rings. The van der Waals surface area contributed by atoms with Gasteiger partial charge in [-0.15, -0.1) is 11.3 Å². The van der Waals surface area contributed by atoms with Crippen molar-refractivity contribution in [2.24, 2.45) is 0 Å². The van der Waals surface area contributed by atoms with Gasteiger partial charge in [0.25, 0.3) is 10.0 Å². The fourth-order valence-corrected chi connectivity index (χ4v) is 3.86. The van der Waals surface area contributed by atoms with Crippen LogP contribution in [0.3, 0.4) is 0 Å². The van der Waals surface area contributed by atoms with Crippen LogP contribution in [-0.4, -0.2) is 29.5 Å². The summed E-state index contributed by atoms with van der Waals surface area (Å²) in [5.74, 6) is -1.12. The summed E-state index contributed by atoms with van der Waals surface area (Å²) in [5.41, 5.74) is 1.23. The molecule has 0 saturated heterocycles. The number of benzene rings is 1. The van der Waals surface area contributed by atoms with Crippen LogP contribution < -0.4 is 4.72 Å². The highest BCUT2D eigenvalue weighted by molar-refractivity contribution is 7.93. The van der Waals surface area contributed by atoms with E-state index in [2.05, 4.69) is 14.7 Å². The summed E-state index contributed by atoms with van der Waals surface area (Å²) in [5, 5.41) is 10.8. The van der Waals surface area contributed by atoms with Gasteiger partial charge in [-0.1, -0.05) is 6.07 Å². The maximum Gasteiger partial charge on any atom is 0.335 e. The molecule has 0 atom stereocenters. The number of hydrogen-bond acceptors (Lipinski definition) is 6. The summed E-state index contributed by atoms with van der Waals surface area (Å²) in [4.78, 5) is 19.1. The maximum absolute atomic E-state index is 12.3. The van der Waals surface area contributed by atoms with Gasteiger partial charge in [-0.25, -0.2) is 18.2 Å². The summed E-state index contributed by atoms with van der Waals surface area (Å²) in [6.45, 7) is 0. The van der Waals surface area contributed by atoms with Crippen LogP contribution >= 0.6 is 11.3 Å². The molecule has 24 heavy (non-hydrogen) atoms. The molecule has 0 fully saturated rings. The summed E-state index contributed by atoms with van der Waals surface area (Å²) < 4.78 is 27.0. The van der Waals surface area contributed by atoms with Gasteiger partial charge in [-0.2, -0.15) is 0 Å². The van der Waals surface area contributed by atoms with Crippen molar-refractivity contribution in [3.63, 3.8) is 0 Å². The van der Waals surface area contributed by atoms with E-state index in [4.69, 9.17) is 5.11 Å². The van der Waals surface area contributed by atoms with E-state index in [9.17, 15) is 13.2 Å². The molecule has 3 rings (SSSR count). The molecule has 0 bridgehead atoms. The number of rotatable bonds is 5. The van der Waals surface area contributed by atoms with Crippen LogP contribution in [0, 0.1) is 0 Å². The summed E-state index contributed by atoms with van der Waals surface area (Å²) in [7, 11) is -3.84. The molecule has 9 heteroatoms. The molecule has 0 spiro atoms. The first kappa shape index (κ1) is 16.1. The van der Waals surface area contributed by atoms with Crippen molar-refractivity contribution >= 4 is 32.5 Å². The first-order valence-electron chi connectivity index (χ1n) is 6.69. The number of hydrogen-bond donors (Lipinski definition) is 2. The number of nitrogens with one attached hydrogen (secondary N) is 1. The van der Waals surface area contributed by atoms with E-state index in [0.717, 1.165) is 11.3 Å². The van der Waals surface area contributed by atoms with Crippen LogP contribution in [0.2, 0.25) is 0 Å². The lowest BCUT2D eigenvalue weighted by Gasteiger charge is -2.05. The molecule has 0 saturated carbocycles. The Labute approximate surface area is 141 Å². The van der Waals surface area contributed by atoms with E-state index in [-0.39, 0.29) is 15.6 Å². The lowest BCUT2D eigenvalue weighted by Crippen LogP contribution is -2.13. The summed E-state index contributed by atoms with van der Waals surface area (Å²) in [6.07, 6.45) is 1.63. The zero-order chi connectivity index (χ0) is 17.2. The quantitative estimate of drug-likeness (QED) is 0.723. The molecule has 0 amide bonds. The highest BCUT2D eigenvalue weighted by Crippen LogP contribution is 2.25. The second kappa shape index (κ2) is 6.38. The highest BCUT2D eigenvalue weighted by Gasteiger charge is 2.17. The van der Waals surface area contributed by atoms with E-state index < -0.39 is 16.0 Å². The van der Waals surface area contributed by atoms with E-state index in [1.165, 1.54) is 24.3 Å². The van der Waals surface area contributed by atoms with Gasteiger partial charge in [0.15, 0.2) is 5.13 Å². The molecule has 0 radical (unpaired) electrons. The molecule has 0 unspecified atom stereocenters. The summed E-state index contributed by atoms with van der Waals surface area (Å²) >= 11 is 1.14. The number of carboxylic acids is 1. The van der Waals surface area contributed by atoms with Gasteiger partial charge in [-0.3, -0.25) is 9.71 Å². The fraction of sp³-hybridized carbons (Fsp3) is 0. The predicted octanol–water partition coefficient (Wildman–Crippen LogP) is 2.70. The average Bonchev–Trinajstić information content (AvgIpc) is 3.03. The minimum Gasteiger partial charge on any atom is -0.478 e. The SMILES string of the molecule is O=C(O)c1ccc(S(=O)(=O)Nc2nc(-c3ccccn3)cs2)cc1. The van der Waals surface area contributed by atoms with Crippen LogP contribution in [0.1, 0.15) is 10.4 Å². The number of pyridine rings is 1. The van der Waals surface area contributed by atoms with Gasteiger partial charge in [-0.05, 0) is 36.4 Å². The van der Waals surface area contributed by atoms with Crippen LogP contribution in [-0.2, 0) is 10.0 Å². The smallest absolute Gasteiger partial charge is 0.335 e. The van der Waals surface area contributed by atoms with E-state index in [0.29, 0.717) is 11.4 Å². The van der Waals surface area contributed by atoms with Crippen LogP contribution in [0.4, 0.5) is 5.13 Å². The highest BCUT2D eigenvalue weighted by atomic mass is 32.2. The van der Waals surface area contributed by atoms with Gasteiger partial charge in [0.1, 0.15) is 5.69 Å². The number of sulfonamides is 1. The van der Waals surface area contributed by atoms with Crippen molar-refractivity contribution in [1.82, 2.24) is 9.97 Å². The van der Waals surface area contributed by atoms with E-state index in [1.807, 2.05) is 6.07 Å². The third kappa shape index (κ3) is 3.42. The Morgan fingerprint density at radius 3 is 2.46 bits per heavy atom. The Hall–Kier alpha value is -2.78. The van der Waals surface area contributed by atoms with Gasteiger partial charge < -0.3 is 5.11 Å². The Balaban J connectivity index is 1.82. The molecule has 1 aromatic carbocycles. The third-order valence-electron chi connectivity index (χ3n) is 3.06. The number of anilines is 1. The zero-order valence-electron chi connectivity index (χ0n) is 12.1. The third-order valence-corrected chi connectivity index (χ3v) is 5.31. The van der Waals surface area contributed by atoms with Crippen LogP contribution in [0.5, 0.6) is 0 Å². The van der Waals surface area contributed by atoms with Crippen molar-refractivity contribution < 1.29 is 18.3 Å². The summed E-state index contributed by atoms with van der Waals surface area (Å²) in [6, 6.07) is 10.3.